The number of hydrogen-bond acceptors (Lipinski definition) is 4. The van der Waals surface area contributed by atoms with Gasteiger partial charge in [-0.3, -0.25) is 0 Å². The van der Waals surface area contributed by atoms with Crippen LogP contribution in [0.25, 0.3) is 0 Å². The van der Waals surface area contributed by atoms with E-state index in [0.29, 0.717) is 17.5 Å². The Morgan fingerprint density at radius 1 is 1.50 bits per heavy atom. The van der Waals surface area contributed by atoms with E-state index in [1.165, 1.54) is 0 Å². The van der Waals surface area contributed by atoms with Crippen molar-refractivity contribution in [1.82, 2.24) is 10.2 Å². The van der Waals surface area contributed by atoms with Gasteiger partial charge in [0, 0.05) is 18.6 Å². The van der Waals surface area contributed by atoms with Gasteiger partial charge in [-0.2, -0.15) is 0 Å². The average Bonchev–Trinajstić information content (AvgIpc) is 2.41. The highest BCUT2D eigenvalue weighted by Crippen LogP contribution is 2.11. The second-order valence-corrected chi connectivity index (χ2v) is 6.55. The second-order valence-electron chi connectivity index (χ2n) is 4.32. The van der Waals surface area contributed by atoms with Gasteiger partial charge in [0.2, 0.25) is 0 Å². The van der Waals surface area contributed by atoms with Crippen LogP contribution in [0.3, 0.4) is 0 Å². The maximum atomic E-state index is 11.2. The molecule has 0 amide bonds. The van der Waals surface area contributed by atoms with Crippen LogP contribution in [-0.2, 0) is 9.84 Å². The minimum atomic E-state index is -2.74. The molecule has 1 aliphatic rings. The molecule has 1 N–H and O–H groups in total. The van der Waals surface area contributed by atoms with E-state index in [-0.39, 0.29) is 6.04 Å². The molecule has 0 aromatic heterocycles. The summed E-state index contributed by atoms with van der Waals surface area (Å²) in [5.41, 5.74) is 0. The number of rotatable bonds is 4. The molecule has 14 heavy (non-hydrogen) atoms. The first-order chi connectivity index (χ1) is 6.41. The number of hydrogen-bond donors (Lipinski definition) is 1. The lowest BCUT2D eigenvalue weighted by Crippen LogP contribution is -2.40. The highest BCUT2D eigenvalue weighted by atomic mass is 32.2. The molecular weight excluding hydrogens is 200 g/mol. The fraction of sp³-hybridized carbons (Fsp3) is 1.00. The standard InChI is InChI=1S/C9H20N2O2S/c1-8(11(2)3)6-10-9-4-5-14(12,13)7-9/h8-10H,4-7H2,1-3H3. The number of nitrogens with one attached hydrogen (secondary N) is 1. The van der Waals surface area contributed by atoms with Gasteiger partial charge in [0.25, 0.3) is 0 Å². The Morgan fingerprint density at radius 2 is 2.14 bits per heavy atom. The topological polar surface area (TPSA) is 49.4 Å². The van der Waals surface area contributed by atoms with Crippen LogP contribution in [0.5, 0.6) is 0 Å². The van der Waals surface area contributed by atoms with Crippen molar-refractivity contribution in [2.24, 2.45) is 0 Å². The van der Waals surface area contributed by atoms with Crippen LogP contribution in [0, 0.1) is 0 Å². The van der Waals surface area contributed by atoms with Gasteiger partial charge in [-0.1, -0.05) is 0 Å². The van der Waals surface area contributed by atoms with E-state index < -0.39 is 9.84 Å². The first kappa shape index (κ1) is 11.9. The predicted molar refractivity (Wildman–Crippen MR) is 58.2 cm³/mol. The summed E-state index contributed by atoms with van der Waals surface area (Å²) in [6, 6.07) is 0.612. The number of nitrogens with zero attached hydrogens (tertiary/aromatic N) is 1. The quantitative estimate of drug-likeness (QED) is 0.707. The summed E-state index contributed by atoms with van der Waals surface area (Å²) in [5, 5.41) is 3.30. The van der Waals surface area contributed by atoms with Crippen LogP contribution >= 0.6 is 0 Å². The lowest BCUT2D eigenvalue weighted by atomic mass is 10.2. The van der Waals surface area contributed by atoms with E-state index in [0.717, 1.165) is 13.0 Å². The third kappa shape index (κ3) is 3.55. The van der Waals surface area contributed by atoms with Crippen LogP contribution in [0.15, 0.2) is 0 Å². The van der Waals surface area contributed by atoms with Gasteiger partial charge in [-0.25, -0.2) is 8.42 Å². The van der Waals surface area contributed by atoms with Gasteiger partial charge in [0.05, 0.1) is 11.5 Å². The second kappa shape index (κ2) is 4.59. The minimum Gasteiger partial charge on any atom is -0.311 e. The van der Waals surface area contributed by atoms with Gasteiger partial charge in [-0.15, -0.1) is 0 Å². The summed E-state index contributed by atoms with van der Waals surface area (Å²) in [5.74, 6) is 0.661. The first-order valence-corrected chi connectivity index (χ1v) is 6.83. The Bertz CT molecular complexity index is 275. The molecule has 1 rings (SSSR count). The molecule has 0 saturated carbocycles. The van der Waals surface area contributed by atoms with Gasteiger partial charge >= 0.3 is 0 Å². The van der Waals surface area contributed by atoms with E-state index in [1.54, 1.807) is 0 Å². The van der Waals surface area contributed by atoms with Crippen molar-refractivity contribution in [2.45, 2.75) is 25.4 Å². The molecule has 0 radical (unpaired) electrons. The molecule has 1 fully saturated rings. The summed E-state index contributed by atoms with van der Waals surface area (Å²) >= 11 is 0. The molecule has 0 aromatic rings. The molecule has 1 saturated heterocycles. The smallest absolute Gasteiger partial charge is 0.151 e. The van der Waals surface area contributed by atoms with Crippen molar-refractivity contribution in [2.75, 3.05) is 32.1 Å². The molecular formula is C9H20N2O2S. The summed E-state index contributed by atoms with van der Waals surface area (Å²) in [7, 11) is 1.31. The highest BCUT2D eigenvalue weighted by molar-refractivity contribution is 7.91. The molecule has 5 heteroatoms. The third-order valence-corrected chi connectivity index (χ3v) is 4.58. The Balaban J connectivity index is 2.27. The Kier molecular flexibility index (Phi) is 3.92. The van der Waals surface area contributed by atoms with Crippen molar-refractivity contribution in [3.8, 4) is 0 Å². The zero-order valence-electron chi connectivity index (χ0n) is 9.16. The largest absolute Gasteiger partial charge is 0.311 e. The monoisotopic (exact) mass is 220 g/mol. The van der Waals surface area contributed by atoms with Crippen molar-refractivity contribution in [3.05, 3.63) is 0 Å². The van der Waals surface area contributed by atoms with E-state index in [4.69, 9.17) is 0 Å². The van der Waals surface area contributed by atoms with Crippen LogP contribution < -0.4 is 5.32 Å². The highest BCUT2D eigenvalue weighted by Gasteiger charge is 2.27. The fourth-order valence-corrected chi connectivity index (χ4v) is 3.18. The first-order valence-electron chi connectivity index (χ1n) is 5.01. The molecule has 2 unspecified atom stereocenters. The van der Waals surface area contributed by atoms with E-state index in [1.807, 2.05) is 14.1 Å². The lowest BCUT2D eigenvalue weighted by Gasteiger charge is -2.22. The summed E-state index contributed by atoms with van der Waals surface area (Å²) in [6.07, 6.45) is 0.766. The van der Waals surface area contributed by atoms with Gasteiger partial charge in [0.15, 0.2) is 9.84 Å². The van der Waals surface area contributed by atoms with Gasteiger partial charge in [-0.05, 0) is 27.4 Å². The van der Waals surface area contributed by atoms with Crippen LogP contribution in [0.4, 0.5) is 0 Å². The van der Waals surface area contributed by atoms with Crippen LogP contribution in [-0.4, -0.2) is 57.5 Å². The molecule has 0 aromatic carbocycles. The molecule has 4 nitrogen and oxygen atoms in total. The van der Waals surface area contributed by atoms with Gasteiger partial charge < -0.3 is 10.2 Å². The summed E-state index contributed by atoms with van der Waals surface area (Å²) < 4.78 is 22.3. The predicted octanol–water partition coefficient (Wildman–Crippen LogP) is -0.287. The maximum Gasteiger partial charge on any atom is 0.151 e. The molecule has 84 valence electrons. The fourth-order valence-electron chi connectivity index (χ4n) is 1.48. The molecule has 1 aliphatic heterocycles. The van der Waals surface area contributed by atoms with E-state index in [9.17, 15) is 8.42 Å². The molecule has 0 bridgehead atoms. The minimum absolute atomic E-state index is 0.169. The number of likely N-dealkylation sites (N-methyl/N-ethyl adjacent to an activating group) is 1. The van der Waals surface area contributed by atoms with Crippen molar-refractivity contribution in [1.29, 1.82) is 0 Å². The molecule has 0 aliphatic carbocycles. The summed E-state index contributed by atoms with van der Waals surface area (Å²) in [6.45, 7) is 2.98. The Labute approximate surface area is 86.6 Å². The normalized spacial score (nSPS) is 28.1. The lowest BCUT2D eigenvalue weighted by molar-refractivity contribution is 0.295. The van der Waals surface area contributed by atoms with Crippen LogP contribution in [0.1, 0.15) is 13.3 Å². The Morgan fingerprint density at radius 3 is 2.57 bits per heavy atom. The maximum absolute atomic E-state index is 11.2. The molecule has 2 atom stereocenters. The van der Waals surface area contributed by atoms with Crippen molar-refractivity contribution < 1.29 is 8.42 Å². The summed E-state index contributed by atoms with van der Waals surface area (Å²) in [4.78, 5) is 2.12. The third-order valence-electron chi connectivity index (χ3n) is 2.82. The van der Waals surface area contributed by atoms with Crippen LogP contribution in [0.2, 0.25) is 0 Å². The zero-order valence-corrected chi connectivity index (χ0v) is 9.97. The Hall–Kier alpha value is -0.130. The SMILES string of the molecule is CC(CNC1CCS(=O)(=O)C1)N(C)C. The van der Waals surface area contributed by atoms with E-state index >= 15 is 0 Å². The molecule has 0 spiro atoms. The van der Waals surface area contributed by atoms with E-state index in [2.05, 4.69) is 17.1 Å². The molecule has 1 heterocycles. The average molecular weight is 220 g/mol. The van der Waals surface area contributed by atoms with Crippen molar-refractivity contribution >= 4 is 9.84 Å². The van der Waals surface area contributed by atoms with Gasteiger partial charge in [0.1, 0.15) is 0 Å². The van der Waals surface area contributed by atoms with Crippen molar-refractivity contribution in [3.63, 3.8) is 0 Å². The zero-order chi connectivity index (χ0) is 10.8. The number of sulfone groups is 1.